The SMILES string of the molecule is Cn1cc(C2CN(C(=O)C3CCCC3N)CCO2)cn1. The fraction of sp³-hybridized carbons (Fsp3) is 0.714. The molecule has 3 rings (SSSR count). The van der Waals surface area contributed by atoms with Crippen molar-refractivity contribution >= 4 is 5.91 Å². The van der Waals surface area contributed by atoms with E-state index in [1.807, 2.05) is 18.1 Å². The summed E-state index contributed by atoms with van der Waals surface area (Å²) < 4.78 is 7.53. The fourth-order valence-electron chi connectivity index (χ4n) is 3.19. The molecule has 2 fully saturated rings. The zero-order valence-electron chi connectivity index (χ0n) is 11.9. The van der Waals surface area contributed by atoms with Crippen molar-refractivity contribution in [1.29, 1.82) is 0 Å². The Bertz CT molecular complexity index is 487. The Morgan fingerprint density at radius 1 is 1.50 bits per heavy atom. The van der Waals surface area contributed by atoms with Crippen molar-refractivity contribution in [3.05, 3.63) is 18.0 Å². The third-order valence-corrected chi connectivity index (χ3v) is 4.36. The Labute approximate surface area is 118 Å². The summed E-state index contributed by atoms with van der Waals surface area (Å²) in [5.74, 6) is 0.204. The molecule has 110 valence electrons. The number of aryl methyl sites for hydroxylation is 1. The van der Waals surface area contributed by atoms with Gasteiger partial charge in [0, 0.05) is 31.4 Å². The van der Waals surface area contributed by atoms with Crippen LogP contribution in [-0.2, 0) is 16.6 Å². The number of carbonyl (C=O) groups excluding carboxylic acids is 1. The standard InChI is InChI=1S/C14H22N4O2/c1-17-8-10(7-16-17)13-9-18(5-6-20-13)14(19)11-3-2-4-12(11)15/h7-8,11-13H,2-6,9,15H2,1H3. The first kappa shape index (κ1) is 13.6. The van der Waals surface area contributed by atoms with Gasteiger partial charge in [0.1, 0.15) is 6.10 Å². The van der Waals surface area contributed by atoms with Crippen LogP contribution >= 0.6 is 0 Å². The minimum absolute atomic E-state index is 0.00245. The van der Waals surface area contributed by atoms with Gasteiger partial charge in [-0.25, -0.2) is 0 Å². The van der Waals surface area contributed by atoms with Gasteiger partial charge in [-0.15, -0.1) is 0 Å². The van der Waals surface area contributed by atoms with Crippen molar-refractivity contribution in [2.45, 2.75) is 31.4 Å². The highest BCUT2D eigenvalue weighted by molar-refractivity contribution is 5.80. The van der Waals surface area contributed by atoms with E-state index in [-0.39, 0.29) is 24.0 Å². The van der Waals surface area contributed by atoms with Gasteiger partial charge in [-0.1, -0.05) is 6.42 Å². The number of aromatic nitrogens is 2. The lowest BCUT2D eigenvalue weighted by molar-refractivity contribution is -0.143. The Morgan fingerprint density at radius 2 is 2.35 bits per heavy atom. The van der Waals surface area contributed by atoms with E-state index < -0.39 is 0 Å². The van der Waals surface area contributed by atoms with Gasteiger partial charge in [0.25, 0.3) is 0 Å². The number of ether oxygens (including phenoxy) is 1. The van der Waals surface area contributed by atoms with Crippen molar-refractivity contribution in [2.75, 3.05) is 19.7 Å². The topological polar surface area (TPSA) is 73.4 Å². The smallest absolute Gasteiger partial charge is 0.227 e. The second-order valence-electron chi connectivity index (χ2n) is 5.79. The van der Waals surface area contributed by atoms with E-state index >= 15 is 0 Å². The number of nitrogens with zero attached hydrogens (tertiary/aromatic N) is 3. The molecule has 2 aliphatic rings. The van der Waals surface area contributed by atoms with Crippen molar-refractivity contribution in [2.24, 2.45) is 18.7 Å². The van der Waals surface area contributed by atoms with Crippen LogP contribution in [0.3, 0.4) is 0 Å². The van der Waals surface area contributed by atoms with Crippen molar-refractivity contribution in [3.63, 3.8) is 0 Å². The minimum atomic E-state index is -0.0703. The molecule has 1 aliphatic carbocycles. The number of carbonyl (C=O) groups is 1. The van der Waals surface area contributed by atoms with E-state index in [1.54, 1.807) is 10.9 Å². The van der Waals surface area contributed by atoms with Gasteiger partial charge < -0.3 is 15.4 Å². The summed E-state index contributed by atoms with van der Waals surface area (Å²) in [7, 11) is 1.88. The monoisotopic (exact) mass is 278 g/mol. The quantitative estimate of drug-likeness (QED) is 0.852. The Morgan fingerprint density at radius 3 is 3.00 bits per heavy atom. The summed E-state index contributed by atoms with van der Waals surface area (Å²) in [5.41, 5.74) is 7.07. The molecule has 0 bridgehead atoms. The van der Waals surface area contributed by atoms with E-state index in [2.05, 4.69) is 5.10 Å². The molecular weight excluding hydrogens is 256 g/mol. The third-order valence-electron chi connectivity index (χ3n) is 4.36. The molecule has 2 heterocycles. The average molecular weight is 278 g/mol. The largest absolute Gasteiger partial charge is 0.370 e. The molecule has 3 unspecified atom stereocenters. The van der Waals surface area contributed by atoms with Crippen LogP contribution in [0, 0.1) is 5.92 Å². The highest BCUT2D eigenvalue weighted by Gasteiger charge is 2.35. The number of hydrogen-bond donors (Lipinski definition) is 1. The molecule has 1 aliphatic heterocycles. The van der Waals surface area contributed by atoms with Gasteiger partial charge in [0.15, 0.2) is 0 Å². The van der Waals surface area contributed by atoms with Crippen LogP contribution < -0.4 is 5.73 Å². The maximum absolute atomic E-state index is 12.6. The Balaban J connectivity index is 1.67. The van der Waals surface area contributed by atoms with Crippen LogP contribution in [0.2, 0.25) is 0 Å². The molecule has 1 saturated heterocycles. The van der Waals surface area contributed by atoms with Crippen molar-refractivity contribution in [3.8, 4) is 0 Å². The zero-order valence-corrected chi connectivity index (χ0v) is 11.9. The molecule has 2 N–H and O–H groups in total. The molecule has 6 nitrogen and oxygen atoms in total. The molecule has 1 aromatic heterocycles. The van der Waals surface area contributed by atoms with Crippen LogP contribution in [-0.4, -0.2) is 46.3 Å². The molecule has 0 radical (unpaired) electrons. The summed E-state index contributed by atoms with van der Waals surface area (Å²) in [6, 6.07) is 0.0298. The first-order valence-corrected chi connectivity index (χ1v) is 7.29. The van der Waals surface area contributed by atoms with Crippen LogP contribution in [0.15, 0.2) is 12.4 Å². The Kier molecular flexibility index (Phi) is 3.76. The van der Waals surface area contributed by atoms with Gasteiger partial charge in [0.2, 0.25) is 5.91 Å². The lowest BCUT2D eigenvalue weighted by Gasteiger charge is -2.34. The fourth-order valence-corrected chi connectivity index (χ4v) is 3.19. The second kappa shape index (κ2) is 5.54. The van der Waals surface area contributed by atoms with Gasteiger partial charge in [-0.05, 0) is 12.8 Å². The first-order valence-electron chi connectivity index (χ1n) is 7.29. The molecular formula is C14H22N4O2. The molecule has 1 amide bonds. The molecule has 0 spiro atoms. The highest BCUT2D eigenvalue weighted by atomic mass is 16.5. The summed E-state index contributed by atoms with van der Waals surface area (Å²) in [6.45, 7) is 1.85. The number of nitrogens with two attached hydrogens (primary N) is 1. The average Bonchev–Trinajstić information content (AvgIpc) is 3.07. The van der Waals surface area contributed by atoms with E-state index in [0.717, 1.165) is 24.8 Å². The summed E-state index contributed by atoms with van der Waals surface area (Å²) >= 11 is 0. The predicted octanol–water partition coefficient (Wildman–Crippen LogP) is 0.447. The lowest BCUT2D eigenvalue weighted by Crippen LogP contribution is -2.47. The second-order valence-corrected chi connectivity index (χ2v) is 5.79. The number of rotatable bonds is 2. The van der Waals surface area contributed by atoms with Crippen molar-refractivity contribution in [1.82, 2.24) is 14.7 Å². The van der Waals surface area contributed by atoms with E-state index in [4.69, 9.17) is 10.5 Å². The van der Waals surface area contributed by atoms with Crippen LogP contribution in [0.4, 0.5) is 0 Å². The first-order chi connectivity index (χ1) is 9.65. The van der Waals surface area contributed by atoms with E-state index in [0.29, 0.717) is 19.7 Å². The predicted molar refractivity (Wildman–Crippen MR) is 73.8 cm³/mol. The molecule has 20 heavy (non-hydrogen) atoms. The lowest BCUT2D eigenvalue weighted by atomic mass is 10.0. The van der Waals surface area contributed by atoms with Crippen LogP contribution in [0.25, 0.3) is 0 Å². The van der Waals surface area contributed by atoms with E-state index in [1.165, 1.54) is 0 Å². The summed E-state index contributed by atoms with van der Waals surface area (Å²) in [6.07, 6.45) is 6.63. The molecule has 1 aromatic rings. The van der Waals surface area contributed by atoms with Gasteiger partial charge in [0.05, 0.1) is 25.3 Å². The van der Waals surface area contributed by atoms with Gasteiger partial charge in [-0.3, -0.25) is 9.48 Å². The molecule has 3 atom stereocenters. The number of morpholine rings is 1. The highest BCUT2D eigenvalue weighted by Crippen LogP contribution is 2.28. The maximum Gasteiger partial charge on any atom is 0.227 e. The van der Waals surface area contributed by atoms with Gasteiger partial charge >= 0.3 is 0 Å². The molecule has 1 saturated carbocycles. The van der Waals surface area contributed by atoms with E-state index in [9.17, 15) is 4.79 Å². The normalized spacial score (nSPS) is 30.7. The maximum atomic E-state index is 12.6. The molecule has 6 heteroatoms. The number of amides is 1. The van der Waals surface area contributed by atoms with Crippen LogP contribution in [0.5, 0.6) is 0 Å². The number of hydrogen-bond acceptors (Lipinski definition) is 4. The molecule has 0 aromatic carbocycles. The van der Waals surface area contributed by atoms with Crippen LogP contribution in [0.1, 0.15) is 30.9 Å². The third kappa shape index (κ3) is 2.58. The zero-order chi connectivity index (χ0) is 14.1. The van der Waals surface area contributed by atoms with Crippen molar-refractivity contribution < 1.29 is 9.53 Å². The minimum Gasteiger partial charge on any atom is -0.370 e. The Hall–Kier alpha value is -1.40. The summed E-state index contributed by atoms with van der Waals surface area (Å²) in [5, 5.41) is 4.16. The van der Waals surface area contributed by atoms with Gasteiger partial charge in [-0.2, -0.15) is 5.10 Å². The summed E-state index contributed by atoms with van der Waals surface area (Å²) in [4.78, 5) is 14.5.